The zero-order chi connectivity index (χ0) is 15.1. The number of ether oxygens (including phenoxy) is 1. The highest BCUT2D eigenvalue weighted by atomic mass is 16.5. The van der Waals surface area contributed by atoms with Crippen LogP contribution in [0.25, 0.3) is 0 Å². The van der Waals surface area contributed by atoms with Gasteiger partial charge >= 0.3 is 0 Å². The lowest BCUT2D eigenvalue weighted by Crippen LogP contribution is -2.77. The maximum atomic E-state index is 12.3. The van der Waals surface area contributed by atoms with Crippen LogP contribution in [0, 0.1) is 5.41 Å². The molecule has 1 fully saturated rings. The maximum absolute atomic E-state index is 12.3. The maximum Gasteiger partial charge on any atom is 0.242 e. The van der Waals surface area contributed by atoms with Gasteiger partial charge in [-0.3, -0.25) is 9.59 Å². The van der Waals surface area contributed by atoms with Gasteiger partial charge in [0.1, 0.15) is 11.1 Å². The third kappa shape index (κ3) is 2.47. The third-order valence-electron chi connectivity index (χ3n) is 4.28. The molecule has 6 nitrogen and oxygen atoms in total. The Bertz CT molecular complexity index is 393. The van der Waals surface area contributed by atoms with Crippen LogP contribution < -0.4 is 16.8 Å². The van der Waals surface area contributed by atoms with E-state index < -0.39 is 22.4 Å². The van der Waals surface area contributed by atoms with Gasteiger partial charge in [-0.15, -0.1) is 0 Å². The summed E-state index contributed by atoms with van der Waals surface area (Å²) in [5.74, 6) is -0.958. The molecule has 1 saturated carbocycles. The first-order chi connectivity index (χ1) is 8.49. The summed E-state index contributed by atoms with van der Waals surface area (Å²) in [7, 11) is 0. The molecule has 2 unspecified atom stereocenters. The monoisotopic (exact) mass is 271 g/mol. The van der Waals surface area contributed by atoms with Crippen LogP contribution in [0.2, 0.25) is 0 Å². The van der Waals surface area contributed by atoms with Gasteiger partial charge in [0, 0.05) is 18.4 Å². The van der Waals surface area contributed by atoms with Crippen LogP contribution in [-0.4, -0.2) is 35.6 Å². The van der Waals surface area contributed by atoms with Gasteiger partial charge in [-0.2, -0.15) is 0 Å². The minimum atomic E-state index is -1.11. The molecular weight excluding hydrogens is 246 g/mol. The van der Waals surface area contributed by atoms with Crippen molar-refractivity contribution in [3.05, 3.63) is 0 Å². The van der Waals surface area contributed by atoms with E-state index in [1.165, 1.54) is 0 Å². The standard InChI is InChI=1S/C13H25N3O3/c1-6-19-8-7-13(15,11(8,2)3)10(18)16-12(4,5)9(14)17/h8H,6-7,15H2,1-5H3,(H2,14,17)(H,16,18). The molecule has 0 radical (unpaired) electrons. The molecule has 1 aliphatic carbocycles. The molecule has 0 heterocycles. The van der Waals surface area contributed by atoms with Crippen molar-refractivity contribution in [3.8, 4) is 0 Å². The van der Waals surface area contributed by atoms with Crippen LogP contribution in [0.3, 0.4) is 0 Å². The molecule has 6 heteroatoms. The topological polar surface area (TPSA) is 107 Å². The normalized spacial score (nSPS) is 29.5. The summed E-state index contributed by atoms with van der Waals surface area (Å²) in [6.45, 7) is 9.40. The van der Waals surface area contributed by atoms with Gasteiger partial charge < -0.3 is 21.5 Å². The van der Waals surface area contributed by atoms with Crippen molar-refractivity contribution < 1.29 is 14.3 Å². The molecule has 19 heavy (non-hydrogen) atoms. The molecule has 2 atom stereocenters. The number of primary amides is 1. The van der Waals surface area contributed by atoms with E-state index in [9.17, 15) is 9.59 Å². The molecule has 0 aromatic heterocycles. The van der Waals surface area contributed by atoms with E-state index in [1.54, 1.807) is 13.8 Å². The number of carbonyl (C=O) groups excluding carboxylic acids is 2. The van der Waals surface area contributed by atoms with Gasteiger partial charge in [-0.1, -0.05) is 13.8 Å². The average molecular weight is 271 g/mol. The predicted molar refractivity (Wildman–Crippen MR) is 72.1 cm³/mol. The van der Waals surface area contributed by atoms with Gasteiger partial charge in [0.25, 0.3) is 0 Å². The highest BCUT2D eigenvalue weighted by Gasteiger charge is 2.63. The second-order valence-electron chi connectivity index (χ2n) is 6.28. The number of nitrogens with two attached hydrogens (primary N) is 2. The summed E-state index contributed by atoms with van der Waals surface area (Å²) in [4.78, 5) is 23.6. The second-order valence-corrected chi connectivity index (χ2v) is 6.28. The minimum Gasteiger partial charge on any atom is -0.378 e. The van der Waals surface area contributed by atoms with Crippen molar-refractivity contribution in [2.24, 2.45) is 16.9 Å². The van der Waals surface area contributed by atoms with Crippen LogP contribution in [0.5, 0.6) is 0 Å². The first-order valence-electron chi connectivity index (χ1n) is 6.52. The molecule has 0 spiro atoms. The molecule has 0 saturated heterocycles. The fraction of sp³-hybridized carbons (Fsp3) is 0.846. The van der Waals surface area contributed by atoms with E-state index in [1.807, 2.05) is 20.8 Å². The second kappa shape index (κ2) is 4.76. The number of nitrogens with one attached hydrogen (secondary N) is 1. The zero-order valence-electron chi connectivity index (χ0n) is 12.4. The van der Waals surface area contributed by atoms with E-state index in [-0.39, 0.29) is 12.0 Å². The predicted octanol–water partition coefficient (Wildman–Crippen LogP) is -0.101. The number of carbonyl (C=O) groups is 2. The van der Waals surface area contributed by atoms with Gasteiger partial charge in [-0.05, 0) is 20.8 Å². The molecule has 2 amide bonds. The SMILES string of the molecule is CCOC1CC(N)(C(=O)NC(C)(C)C(N)=O)C1(C)C. The Kier molecular flexibility index (Phi) is 3.98. The summed E-state index contributed by atoms with van der Waals surface area (Å²) in [6, 6.07) is 0. The van der Waals surface area contributed by atoms with E-state index in [0.29, 0.717) is 13.0 Å². The van der Waals surface area contributed by atoms with Crippen molar-refractivity contribution >= 4 is 11.8 Å². The summed E-state index contributed by atoms with van der Waals surface area (Å²) >= 11 is 0. The van der Waals surface area contributed by atoms with Gasteiger partial charge in [-0.25, -0.2) is 0 Å². The molecule has 0 aromatic rings. The molecule has 1 rings (SSSR count). The lowest BCUT2D eigenvalue weighted by atomic mass is 9.54. The van der Waals surface area contributed by atoms with Crippen LogP contribution >= 0.6 is 0 Å². The van der Waals surface area contributed by atoms with E-state index in [0.717, 1.165) is 0 Å². The summed E-state index contributed by atoms with van der Waals surface area (Å²) < 4.78 is 5.56. The zero-order valence-corrected chi connectivity index (χ0v) is 12.4. The van der Waals surface area contributed by atoms with E-state index in [4.69, 9.17) is 16.2 Å². The van der Waals surface area contributed by atoms with Crippen molar-refractivity contribution in [2.75, 3.05) is 6.61 Å². The number of rotatable bonds is 5. The Morgan fingerprint density at radius 2 is 1.95 bits per heavy atom. The van der Waals surface area contributed by atoms with E-state index in [2.05, 4.69) is 5.32 Å². The van der Waals surface area contributed by atoms with Gasteiger partial charge in [0.05, 0.1) is 6.10 Å². The summed E-state index contributed by atoms with van der Waals surface area (Å²) in [5, 5.41) is 2.62. The fourth-order valence-corrected chi connectivity index (χ4v) is 2.28. The lowest BCUT2D eigenvalue weighted by Gasteiger charge is -2.58. The number of amides is 2. The Morgan fingerprint density at radius 1 is 1.42 bits per heavy atom. The number of hydrogen-bond donors (Lipinski definition) is 3. The molecule has 110 valence electrons. The average Bonchev–Trinajstić information content (AvgIpc) is 2.27. The lowest BCUT2D eigenvalue weighted by molar-refractivity contribution is -0.172. The largest absolute Gasteiger partial charge is 0.378 e. The van der Waals surface area contributed by atoms with E-state index >= 15 is 0 Å². The molecule has 0 bridgehead atoms. The smallest absolute Gasteiger partial charge is 0.242 e. The van der Waals surface area contributed by atoms with Crippen LogP contribution in [0.15, 0.2) is 0 Å². The van der Waals surface area contributed by atoms with Gasteiger partial charge in [0.15, 0.2) is 0 Å². The van der Waals surface area contributed by atoms with Crippen molar-refractivity contribution in [3.63, 3.8) is 0 Å². The van der Waals surface area contributed by atoms with Crippen LogP contribution in [0.1, 0.15) is 41.0 Å². The molecule has 0 aromatic carbocycles. The Labute approximate surface area is 114 Å². The van der Waals surface area contributed by atoms with Crippen molar-refractivity contribution in [2.45, 2.75) is 58.2 Å². The highest BCUT2D eigenvalue weighted by Crippen LogP contribution is 2.49. The van der Waals surface area contributed by atoms with Crippen LogP contribution in [0.4, 0.5) is 0 Å². The minimum absolute atomic E-state index is 0.0510. The first-order valence-corrected chi connectivity index (χ1v) is 6.52. The Hall–Kier alpha value is -1.14. The quantitative estimate of drug-likeness (QED) is 0.649. The molecule has 1 aliphatic rings. The molecule has 5 N–H and O–H groups in total. The first kappa shape index (κ1) is 15.9. The molecular formula is C13H25N3O3. The highest BCUT2D eigenvalue weighted by molar-refractivity contribution is 5.94. The fourth-order valence-electron chi connectivity index (χ4n) is 2.28. The Morgan fingerprint density at radius 3 is 2.32 bits per heavy atom. The number of hydrogen-bond acceptors (Lipinski definition) is 4. The Balaban J connectivity index is 2.81. The van der Waals surface area contributed by atoms with Gasteiger partial charge in [0.2, 0.25) is 11.8 Å². The van der Waals surface area contributed by atoms with Crippen molar-refractivity contribution in [1.82, 2.24) is 5.32 Å². The summed E-state index contributed by atoms with van der Waals surface area (Å²) in [6.07, 6.45) is 0.388. The molecule has 0 aliphatic heterocycles. The van der Waals surface area contributed by atoms with Crippen molar-refractivity contribution in [1.29, 1.82) is 0 Å². The van der Waals surface area contributed by atoms with Crippen LogP contribution in [-0.2, 0) is 14.3 Å². The third-order valence-corrected chi connectivity index (χ3v) is 4.28. The summed E-state index contributed by atoms with van der Waals surface area (Å²) in [5.41, 5.74) is 8.81.